The second kappa shape index (κ2) is 5.58. The van der Waals surface area contributed by atoms with E-state index in [1.54, 1.807) is 31.5 Å². The van der Waals surface area contributed by atoms with Crippen LogP contribution in [0.5, 0.6) is 0 Å². The lowest BCUT2D eigenvalue weighted by Crippen LogP contribution is -2.52. The molecule has 1 aromatic heterocycles. The average molecular weight is 224 g/mol. The Labute approximate surface area is 94.1 Å². The van der Waals surface area contributed by atoms with Crippen LogP contribution in [0.25, 0.3) is 0 Å². The molecule has 1 rings (SSSR count). The summed E-state index contributed by atoms with van der Waals surface area (Å²) in [5.41, 5.74) is -0.130. The molecule has 1 amide bonds. The van der Waals surface area contributed by atoms with Crippen LogP contribution in [0.1, 0.15) is 12.5 Å². The van der Waals surface area contributed by atoms with Crippen LogP contribution in [0.4, 0.5) is 0 Å². The van der Waals surface area contributed by atoms with E-state index >= 15 is 0 Å². The molecular formula is C11H16N2O3. The van der Waals surface area contributed by atoms with Gasteiger partial charge in [-0.15, -0.1) is 0 Å². The predicted molar refractivity (Wildman–Crippen MR) is 58.7 cm³/mol. The van der Waals surface area contributed by atoms with Crippen molar-refractivity contribution in [2.75, 3.05) is 13.2 Å². The number of rotatable bonds is 5. The molecule has 16 heavy (non-hydrogen) atoms. The quantitative estimate of drug-likeness (QED) is 0.628. The van der Waals surface area contributed by atoms with E-state index in [1.165, 1.54) is 0 Å². The predicted octanol–water partition coefficient (Wildman–Crippen LogP) is -0.516. The molecule has 88 valence electrons. The van der Waals surface area contributed by atoms with Crippen molar-refractivity contribution in [1.29, 1.82) is 0 Å². The van der Waals surface area contributed by atoms with Gasteiger partial charge in [0.05, 0.1) is 25.2 Å². The fraction of sp³-hybridized carbons (Fsp3) is 0.455. The lowest BCUT2D eigenvalue weighted by molar-refractivity contribution is -0.123. The highest BCUT2D eigenvalue weighted by Gasteiger charge is 2.24. The van der Waals surface area contributed by atoms with Gasteiger partial charge in [0.2, 0.25) is 5.91 Å². The second-order valence-electron chi connectivity index (χ2n) is 3.96. The molecule has 0 saturated heterocycles. The molecular weight excluding hydrogens is 208 g/mol. The number of carbonyl (C=O) groups excluding carboxylic acids is 1. The van der Waals surface area contributed by atoms with Gasteiger partial charge in [0.1, 0.15) is 0 Å². The first-order valence-corrected chi connectivity index (χ1v) is 5.01. The van der Waals surface area contributed by atoms with E-state index in [-0.39, 0.29) is 25.5 Å². The monoisotopic (exact) mass is 224 g/mol. The van der Waals surface area contributed by atoms with E-state index in [1.807, 2.05) is 0 Å². The summed E-state index contributed by atoms with van der Waals surface area (Å²) >= 11 is 0. The van der Waals surface area contributed by atoms with Crippen LogP contribution in [0.15, 0.2) is 24.5 Å². The Morgan fingerprint density at radius 1 is 1.38 bits per heavy atom. The standard InChI is InChI=1S/C11H16N2O3/c1-11(7-14,8-15)13-10(16)6-9-2-4-12-5-3-9/h2-5,14-15H,6-8H2,1H3,(H,13,16). The molecule has 0 atom stereocenters. The molecule has 0 aliphatic carbocycles. The van der Waals surface area contributed by atoms with Gasteiger partial charge in [-0.1, -0.05) is 0 Å². The maximum atomic E-state index is 11.6. The fourth-order valence-electron chi connectivity index (χ4n) is 1.20. The molecule has 3 N–H and O–H groups in total. The summed E-state index contributed by atoms with van der Waals surface area (Å²) in [6.45, 7) is 0.981. The maximum absolute atomic E-state index is 11.6. The SMILES string of the molecule is CC(CO)(CO)NC(=O)Cc1ccncc1. The van der Waals surface area contributed by atoms with E-state index in [9.17, 15) is 4.79 Å². The summed E-state index contributed by atoms with van der Waals surface area (Å²) in [5, 5.41) is 20.6. The van der Waals surface area contributed by atoms with Gasteiger partial charge in [0.15, 0.2) is 0 Å². The third-order valence-electron chi connectivity index (χ3n) is 2.25. The van der Waals surface area contributed by atoms with Crippen LogP contribution in [0.2, 0.25) is 0 Å². The number of pyridine rings is 1. The van der Waals surface area contributed by atoms with Crippen molar-refractivity contribution in [3.8, 4) is 0 Å². The number of carbonyl (C=O) groups is 1. The number of aliphatic hydroxyl groups excluding tert-OH is 2. The molecule has 5 heteroatoms. The van der Waals surface area contributed by atoms with Gasteiger partial charge in [-0.25, -0.2) is 0 Å². The number of hydrogen-bond acceptors (Lipinski definition) is 4. The minimum absolute atomic E-state index is 0.206. The third kappa shape index (κ3) is 3.60. The molecule has 0 aliphatic heterocycles. The van der Waals surface area contributed by atoms with E-state index < -0.39 is 5.54 Å². The molecule has 0 fully saturated rings. The third-order valence-corrected chi connectivity index (χ3v) is 2.25. The molecule has 0 bridgehead atoms. The first-order chi connectivity index (χ1) is 7.59. The first kappa shape index (κ1) is 12.6. The van der Waals surface area contributed by atoms with Gasteiger partial charge >= 0.3 is 0 Å². The minimum Gasteiger partial charge on any atom is -0.394 e. The Balaban J connectivity index is 2.54. The molecule has 0 spiro atoms. The highest BCUT2D eigenvalue weighted by atomic mass is 16.3. The van der Waals surface area contributed by atoms with Crippen LogP contribution in [-0.2, 0) is 11.2 Å². The summed E-state index contributed by atoms with van der Waals surface area (Å²) < 4.78 is 0. The molecule has 5 nitrogen and oxygen atoms in total. The average Bonchev–Trinajstić information content (AvgIpc) is 2.30. The lowest BCUT2D eigenvalue weighted by atomic mass is 10.0. The summed E-state index contributed by atoms with van der Waals surface area (Å²) in [6, 6.07) is 3.49. The summed E-state index contributed by atoms with van der Waals surface area (Å²) in [6.07, 6.45) is 3.43. The van der Waals surface area contributed by atoms with Crippen molar-refractivity contribution in [2.24, 2.45) is 0 Å². The molecule has 1 heterocycles. The smallest absolute Gasteiger partial charge is 0.225 e. The molecule has 0 radical (unpaired) electrons. The van der Waals surface area contributed by atoms with Crippen LogP contribution in [-0.4, -0.2) is 39.9 Å². The zero-order chi connectivity index (χ0) is 12.0. The summed E-state index contributed by atoms with van der Waals surface area (Å²) in [5.74, 6) is -0.239. The number of aliphatic hydroxyl groups is 2. The molecule has 0 unspecified atom stereocenters. The normalized spacial score (nSPS) is 11.2. The number of nitrogens with zero attached hydrogens (tertiary/aromatic N) is 1. The van der Waals surface area contributed by atoms with E-state index in [0.29, 0.717) is 0 Å². The summed E-state index contributed by atoms with van der Waals surface area (Å²) in [4.78, 5) is 15.4. The Bertz CT molecular complexity index is 336. The Morgan fingerprint density at radius 2 is 1.94 bits per heavy atom. The second-order valence-corrected chi connectivity index (χ2v) is 3.96. The van der Waals surface area contributed by atoms with Crippen LogP contribution < -0.4 is 5.32 Å². The van der Waals surface area contributed by atoms with E-state index in [4.69, 9.17) is 10.2 Å². The van der Waals surface area contributed by atoms with E-state index in [2.05, 4.69) is 10.3 Å². The van der Waals surface area contributed by atoms with Gasteiger partial charge in [0, 0.05) is 12.4 Å². The van der Waals surface area contributed by atoms with Crippen molar-refractivity contribution in [1.82, 2.24) is 10.3 Å². The highest BCUT2D eigenvalue weighted by Crippen LogP contribution is 2.03. The van der Waals surface area contributed by atoms with Gasteiger partial charge < -0.3 is 15.5 Å². The van der Waals surface area contributed by atoms with Crippen molar-refractivity contribution < 1.29 is 15.0 Å². The first-order valence-electron chi connectivity index (χ1n) is 5.01. The Hall–Kier alpha value is -1.46. The summed E-state index contributed by atoms with van der Waals surface area (Å²) in [7, 11) is 0. The van der Waals surface area contributed by atoms with E-state index in [0.717, 1.165) is 5.56 Å². The minimum atomic E-state index is -0.968. The lowest BCUT2D eigenvalue weighted by Gasteiger charge is -2.26. The Kier molecular flexibility index (Phi) is 4.39. The van der Waals surface area contributed by atoms with Crippen LogP contribution >= 0.6 is 0 Å². The molecule has 0 aliphatic rings. The van der Waals surface area contributed by atoms with Crippen LogP contribution in [0, 0.1) is 0 Å². The number of amides is 1. The molecule has 1 aromatic rings. The zero-order valence-corrected chi connectivity index (χ0v) is 9.18. The van der Waals surface area contributed by atoms with Gasteiger partial charge in [-0.05, 0) is 24.6 Å². The maximum Gasteiger partial charge on any atom is 0.225 e. The van der Waals surface area contributed by atoms with Gasteiger partial charge in [0.25, 0.3) is 0 Å². The molecule has 0 aromatic carbocycles. The van der Waals surface area contributed by atoms with Crippen molar-refractivity contribution in [3.05, 3.63) is 30.1 Å². The number of hydrogen-bond donors (Lipinski definition) is 3. The topological polar surface area (TPSA) is 82.5 Å². The van der Waals surface area contributed by atoms with Crippen LogP contribution in [0.3, 0.4) is 0 Å². The zero-order valence-electron chi connectivity index (χ0n) is 9.18. The fourth-order valence-corrected chi connectivity index (χ4v) is 1.20. The van der Waals surface area contributed by atoms with Crippen molar-refractivity contribution >= 4 is 5.91 Å². The van der Waals surface area contributed by atoms with Crippen molar-refractivity contribution in [2.45, 2.75) is 18.9 Å². The van der Waals surface area contributed by atoms with Gasteiger partial charge in [-0.2, -0.15) is 0 Å². The largest absolute Gasteiger partial charge is 0.394 e. The van der Waals surface area contributed by atoms with Gasteiger partial charge in [-0.3, -0.25) is 9.78 Å². The number of nitrogens with one attached hydrogen (secondary N) is 1. The number of aromatic nitrogens is 1. The Morgan fingerprint density at radius 3 is 2.44 bits per heavy atom. The highest BCUT2D eigenvalue weighted by molar-refractivity contribution is 5.79. The molecule has 0 saturated carbocycles. The van der Waals surface area contributed by atoms with Crippen molar-refractivity contribution in [3.63, 3.8) is 0 Å².